The van der Waals surface area contributed by atoms with Gasteiger partial charge in [0.1, 0.15) is 5.65 Å². The first kappa shape index (κ1) is 13.0. The second-order valence-corrected chi connectivity index (χ2v) is 5.35. The fraction of sp³-hybridized carbons (Fsp3) is 0. The molecule has 0 fully saturated rings. The van der Waals surface area contributed by atoms with Gasteiger partial charge in [-0.1, -0.05) is 17.7 Å². The monoisotopic (exact) mass is 307 g/mol. The summed E-state index contributed by atoms with van der Waals surface area (Å²) >= 11 is 6.12. The van der Waals surface area contributed by atoms with E-state index in [2.05, 4.69) is 9.97 Å². The molecule has 0 saturated heterocycles. The fourth-order valence-electron chi connectivity index (χ4n) is 2.65. The van der Waals surface area contributed by atoms with Crippen molar-refractivity contribution in [1.29, 1.82) is 0 Å². The summed E-state index contributed by atoms with van der Waals surface area (Å²) in [5, 5.41) is 1.74. The molecule has 0 aliphatic rings. The highest BCUT2D eigenvalue weighted by atomic mass is 35.5. The van der Waals surface area contributed by atoms with E-state index in [1.807, 2.05) is 34.9 Å². The van der Waals surface area contributed by atoms with Gasteiger partial charge in [0.15, 0.2) is 5.43 Å². The summed E-state index contributed by atoms with van der Waals surface area (Å²) < 4.78 is 1.93. The van der Waals surface area contributed by atoms with Gasteiger partial charge in [-0.2, -0.15) is 0 Å². The van der Waals surface area contributed by atoms with Gasteiger partial charge in [0.25, 0.3) is 0 Å². The van der Waals surface area contributed by atoms with Crippen molar-refractivity contribution in [3.63, 3.8) is 0 Å². The third-order valence-electron chi connectivity index (χ3n) is 3.59. The summed E-state index contributed by atoms with van der Waals surface area (Å²) in [4.78, 5) is 21.1. The Hall–Kier alpha value is -2.72. The van der Waals surface area contributed by atoms with Crippen LogP contribution in [0.15, 0.2) is 65.8 Å². The first-order chi connectivity index (χ1) is 10.8. The average Bonchev–Trinajstić information content (AvgIpc) is 2.55. The molecule has 0 amide bonds. The second-order valence-electron chi connectivity index (χ2n) is 4.91. The van der Waals surface area contributed by atoms with E-state index in [-0.39, 0.29) is 5.43 Å². The highest BCUT2D eigenvalue weighted by Gasteiger charge is 2.12. The molecule has 0 unspecified atom stereocenters. The van der Waals surface area contributed by atoms with E-state index < -0.39 is 0 Å². The molecule has 0 bridgehead atoms. The minimum absolute atomic E-state index is 0.0653. The zero-order valence-corrected chi connectivity index (χ0v) is 12.2. The molecule has 3 heterocycles. The number of nitrogens with zero attached hydrogens (tertiary/aromatic N) is 3. The van der Waals surface area contributed by atoms with Crippen LogP contribution in [-0.2, 0) is 0 Å². The quantitative estimate of drug-likeness (QED) is 0.505. The first-order valence-corrected chi connectivity index (χ1v) is 7.13. The van der Waals surface area contributed by atoms with Gasteiger partial charge < -0.3 is 0 Å². The number of fused-ring (bicyclic) bond motifs is 2. The van der Waals surface area contributed by atoms with Gasteiger partial charge in [0.05, 0.1) is 16.3 Å². The van der Waals surface area contributed by atoms with Crippen molar-refractivity contribution in [2.24, 2.45) is 0 Å². The number of benzene rings is 1. The van der Waals surface area contributed by atoms with Gasteiger partial charge in [-0.3, -0.25) is 14.3 Å². The zero-order chi connectivity index (χ0) is 15.1. The maximum absolute atomic E-state index is 12.6. The number of hydrogen-bond donors (Lipinski definition) is 0. The predicted octanol–water partition coefficient (Wildman–Crippen LogP) is 3.59. The predicted molar refractivity (Wildman–Crippen MR) is 87.7 cm³/mol. The molecule has 22 heavy (non-hydrogen) atoms. The minimum Gasteiger partial charge on any atom is -0.294 e. The summed E-state index contributed by atoms with van der Waals surface area (Å²) in [6.07, 6.45) is 4.93. The molecule has 4 aromatic rings. The molecule has 4 nitrogen and oxygen atoms in total. The maximum atomic E-state index is 12.6. The number of pyridine rings is 3. The number of rotatable bonds is 1. The van der Waals surface area contributed by atoms with Crippen molar-refractivity contribution in [2.75, 3.05) is 0 Å². The second kappa shape index (κ2) is 4.93. The van der Waals surface area contributed by atoms with E-state index in [0.29, 0.717) is 21.4 Å². The minimum atomic E-state index is -0.0653. The molecular weight excluding hydrogens is 298 g/mol. The van der Waals surface area contributed by atoms with Crippen LogP contribution in [0.2, 0.25) is 5.02 Å². The summed E-state index contributed by atoms with van der Waals surface area (Å²) in [5.41, 5.74) is 2.15. The van der Waals surface area contributed by atoms with Gasteiger partial charge >= 0.3 is 0 Å². The van der Waals surface area contributed by atoms with Crippen LogP contribution >= 0.6 is 11.6 Å². The van der Waals surface area contributed by atoms with Gasteiger partial charge in [0.2, 0.25) is 0 Å². The Bertz CT molecular complexity index is 1010. The van der Waals surface area contributed by atoms with Crippen molar-refractivity contribution in [3.05, 3.63) is 76.3 Å². The summed E-state index contributed by atoms with van der Waals surface area (Å²) in [6.45, 7) is 0. The Morgan fingerprint density at radius 2 is 1.91 bits per heavy atom. The van der Waals surface area contributed by atoms with Crippen molar-refractivity contribution >= 4 is 33.5 Å². The van der Waals surface area contributed by atoms with Gasteiger partial charge in [-0.05, 0) is 36.4 Å². The third kappa shape index (κ3) is 1.89. The van der Waals surface area contributed by atoms with Crippen LogP contribution in [0.4, 0.5) is 0 Å². The topological polar surface area (TPSA) is 47.8 Å². The number of aromatic nitrogens is 3. The maximum Gasteiger partial charge on any atom is 0.200 e. The molecule has 0 aliphatic carbocycles. The number of hydrogen-bond acceptors (Lipinski definition) is 3. The lowest BCUT2D eigenvalue weighted by atomic mass is 10.1. The standard InChI is InChI=1S/C17H10ClN3O/c18-11-3-1-4-12(9-11)21-15-6-8-19-10-14(15)16(22)13-5-2-7-20-17(13)21/h1-10H. The first-order valence-electron chi connectivity index (χ1n) is 6.75. The molecule has 5 heteroatoms. The molecule has 0 N–H and O–H groups in total. The molecule has 4 rings (SSSR count). The van der Waals surface area contributed by atoms with E-state index in [9.17, 15) is 4.79 Å². The molecule has 0 aliphatic heterocycles. The van der Waals surface area contributed by atoms with Crippen LogP contribution in [-0.4, -0.2) is 14.5 Å². The Labute approximate surface area is 130 Å². The highest BCUT2D eigenvalue weighted by molar-refractivity contribution is 6.30. The van der Waals surface area contributed by atoms with Crippen LogP contribution in [0, 0.1) is 0 Å². The summed E-state index contributed by atoms with van der Waals surface area (Å²) in [7, 11) is 0. The van der Waals surface area contributed by atoms with E-state index in [1.54, 1.807) is 30.7 Å². The molecule has 0 atom stereocenters. The Balaban J connectivity index is 2.28. The summed E-state index contributed by atoms with van der Waals surface area (Å²) in [5.74, 6) is 0. The van der Waals surface area contributed by atoms with Crippen LogP contribution in [0.1, 0.15) is 0 Å². The fourth-order valence-corrected chi connectivity index (χ4v) is 2.83. The largest absolute Gasteiger partial charge is 0.294 e. The normalized spacial score (nSPS) is 11.1. The van der Waals surface area contributed by atoms with Crippen molar-refractivity contribution < 1.29 is 0 Å². The smallest absolute Gasteiger partial charge is 0.200 e. The molecule has 0 radical (unpaired) electrons. The zero-order valence-electron chi connectivity index (χ0n) is 11.4. The highest BCUT2D eigenvalue weighted by Crippen LogP contribution is 2.23. The van der Waals surface area contributed by atoms with Gasteiger partial charge in [-0.25, -0.2) is 4.98 Å². The Kier molecular flexibility index (Phi) is 2.91. The molecule has 1 aromatic carbocycles. The van der Waals surface area contributed by atoms with E-state index >= 15 is 0 Å². The van der Waals surface area contributed by atoms with Crippen molar-refractivity contribution in [2.45, 2.75) is 0 Å². The van der Waals surface area contributed by atoms with Crippen LogP contribution in [0.3, 0.4) is 0 Å². The van der Waals surface area contributed by atoms with E-state index in [0.717, 1.165) is 11.2 Å². The van der Waals surface area contributed by atoms with Crippen LogP contribution in [0.25, 0.3) is 27.6 Å². The molecule has 3 aromatic heterocycles. The van der Waals surface area contributed by atoms with Crippen LogP contribution < -0.4 is 5.43 Å². The van der Waals surface area contributed by atoms with Crippen LogP contribution in [0.5, 0.6) is 0 Å². The third-order valence-corrected chi connectivity index (χ3v) is 3.83. The Morgan fingerprint density at radius 1 is 1.00 bits per heavy atom. The SMILES string of the molecule is O=c1c2cnccc2n(-c2cccc(Cl)c2)c2ncccc12. The Morgan fingerprint density at radius 3 is 2.77 bits per heavy atom. The lowest BCUT2D eigenvalue weighted by molar-refractivity contribution is 1.11. The van der Waals surface area contributed by atoms with Crippen molar-refractivity contribution in [1.82, 2.24) is 14.5 Å². The molecular formula is C17H10ClN3O. The lowest BCUT2D eigenvalue weighted by Gasteiger charge is -2.14. The van der Waals surface area contributed by atoms with Gasteiger partial charge in [-0.15, -0.1) is 0 Å². The molecule has 0 spiro atoms. The summed E-state index contributed by atoms with van der Waals surface area (Å²) in [6, 6.07) is 12.8. The molecule has 0 saturated carbocycles. The lowest BCUT2D eigenvalue weighted by Crippen LogP contribution is -2.11. The number of halogens is 1. The van der Waals surface area contributed by atoms with Gasteiger partial charge in [0, 0.05) is 29.3 Å². The molecule has 106 valence electrons. The van der Waals surface area contributed by atoms with Crippen molar-refractivity contribution in [3.8, 4) is 5.69 Å². The average molecular weight is 308 g/mol. The van der Waals surface area contributed by atoms with E-state index in [4.69, 9.17) is 11.6 Å². The van der Waals surface area contributed by atoms with E-state index in [1.165, 1.54) is 0 Å².